The van der Waals surface area contributed by atoms with Gasteiger partial charge in [-0.25, -0.2) is 0 Å². The average Bonchev–Trinajstić information content (AvgIpc) is 2.76. The third kappa shape index (κ3) is 2.42. The summed E-state index contributed by atoms with van der Waals surface area (Å²) in [6, 6.07) is 6.09. The lowest BCUT2D eigenvalue weighted by Gasteiger charge is -2.13. The minimum atomic E-state index is -0.0140. The summed E-state index contributed by atoms with van der Waals surface area (Å²) in [6.07, 6.45) is 2.03. The van der Waals surface area contributed by atoms with Crippen molar-refractivity contribution in [3.8, 4) is 0 Å². The summed E-state index contributed by atoms with van der Waals surface area (Å²) in [4.78, 5) is 11.9. The minimum absolute atomic E-state index is 0.0140. The number of carbonyl (C=O) groups is 1. The van der Waals surface area contributed by atoms with Gasteiger partial charge in [-0.1, -0.05) is 12.1 Å². The zero-order valence-corrected chi connectivity index (χ0v) is 9.84. The maximum absolute atomic E-state index is 11.9. The van der Waals surface area contributed by atoms with Crippen LogP contribution in [0.5, 0.6) is 0 Å². The summed E-state index contributed by atoms with van der Waals surface area (Å²) in [7, 11) is 0. The second-order valence-corrected chi connectivity index (χ2v) is 4.46. The Labute approximate surface area is 96.2 Å². The maximum Gasteiger partial charge on any atom is 0.241 e. The molecular formula is C13H18N2O. The topological polar surface area (TPSA) is 41.1 Å². The zero-order valence-electron chi connectivity index (χ0n) is 9.84. The number of hydrogen-bond donors (Lipinski definition) is 2. The van der Waals surface area contributed by atoms with Gasteiger partial charge in [-0.3, -0.25) is 4.79 Å². The van der Waals surface area contributed by atoms with Gasteiger partial charge in [0.05, 0.1) is 6.04 Å². The van der Waals surface area contributed by atoms with E-state index < -0.39 is 0 Å². The molecule has 0 spiro atoms. The van der Waals surface area contributed by atoms with Gasteiger partial charge >= 0.3 is 0 Å². The normalized spacial score (nSPS) is 19.8. The van der Waals surface area contributed by atoms with Crippen LogP contribution >= 0.6 is 0 Å². The van der Waals surface area contributed by atoms with Gasteiger partial charge in [0.25, 0.3) is 0 Å². The van der Waals surface area contributed by atoms with E-state index in [1.165, 1.54) is 5.56 Å². The van der Waals surface area contributed by atoms with Crippen LogP contribution in [0.1, 0.15) is 24.0 Å². The monoisotopic (exact) mass is 218 g/mol. The number of nitrogens with one attached hydrogen (secondary N) is 2. The molecule has 0 unspecified atom stereocenters. The molecule has 0 aliphatic carbocycles. The van der Waals surface area contributed by atoms with Gasteiger partial charge < -0.3 is 10.6 Å². The third-order valence-corrected chi connectivity index (χ3v) is 3.03. The smallest absolute Gasteiger partial charge is 0.241 e. The fourth-order valence-corrected chi connectivity index (χ4v) is 2.00. The van der Waals surface area contributed by atoms with Gasteiger partial charge in [0.15, 0.2) is 0 Å². The van der Waals surface area contributed by atoms with Crippen molar-refractivity contribution in [1.82, 2.24) is 5.32 Å². The SMILES string of the molecule is Cc1ccc(C)c(NC(=O)[C@@H]2CCCN2)c1. The Balaban J connectivity index is 2.07. The molecule has 1 heterocycles. The van der Waals surface area contributed by atoms with Crippen molar-refractivity contribution in [2.45, 2.75) is 32.7 Å². The van der Waals surface area contributed by atoms with Crippen molar-refractivity contribution in [1.29, 1.82) is 0 Å². The van der Waals surface area contributed by atoms with Gasteiger partial charge in [0, 0.05) is 5.69 Å². The molecule has 2 rings (SSSR count). The Morgan fingerprint density at radius 2 is 2.25 bits per heavy atom. The van der Waals surface area contributed by atoms with E-state index >= 15 is 0 Å². The molecule has 1 fully saturated rings. The second-order valence-electron chi connectivity index (χ2n) is 4.46. The van der Waals surface area contributed by atoms with Crippen molar-refractivity contribution >= 4 is 11.6 Å². The van der Waals surface area contributed by atoms with Gasteiger partial charge in [-0.2, -0.15) is 0 Å². The van der Waals surface area contributed by atoms with E-state index in [-0.39, 0.29) is 11.9 Å². The van der Waals surface area contributed by atoms with Crippen LogP contribution in [0.15, 0.2) is 18.2 Å². The van der Waals surface area contributed by atoms with Gasteiger partial charge in [-0.15, -0.1) is 0 Å². The molecule has 1 amide bonds. The highest BCUT2D eigenvalue weighted by Gasteiger charge is 2.22. The van der Waals surface area contributed by atoms with Crippen molar-refractivity contribution in [3.63, 3.8) is 0 Å². The van der Waals surface area contributed by atoms with Crippen LogP contribution in [-0.4, -0.2) is 18.5 Å². The predicted octanol–water partition coefficient (Wildman–Crippen LogP) is 1.99. The van der Waals surface area contributed by atoms with Crippen LogP contribution in [0.25, 0.3) is 0 Å². The molecule has 0 radical (unpaired) electrons. The lowest BCUT2D eigenvalue weighted by molar-refractivity contribution is -0.117. The molecule has 3 heteroatoms. The third-order valence-electron chi connectivity index (χ3n) is 3.03. The molecular weight excluding hydrogens is 200 g/mol. The van der Waals surface area contributed by atoms with E-state index in [4.69, 9.17) is 0 Å². The van der Waals surface area contributed by atoms with Crippen LogP contribution in [0.2, 0.25) is 0 Å². The Kier molecular flexibility index (Phi) is 3.25. The summed E-state index contributed by atoms with van der Waals surface area (Å²) in [5.41, 5.74) is 3.20. The van der Waals surface area contributed by atoms with Crippen LogP contribution in [0.4, 0.5) is 5.69 Å². The first kappa shape index (κ1) is 11.1. The van der Waals surface area contributed by atoms with Crippen molar-refractivity contribution in [3.05, 3.63) is 29.3 Å². The number of carbonyl (C=O) groups excluding carboxylic acids is 1. The number of anilines is 1. The van der Waals surface area contributed by atoms with E-state index in [1.54, 1.807) is 0 Å². The average molecular weight is 218 g/mol. The molecule has 0 saturated carbocycles. The number of hydrogen-bond acceptors (Lipinski definition) is 2. The van der Waals surface area contributed by atoms with Gasteiger partial charge in [-0.05, 0) is 50.4 Å². The molecule has 1 aromatic carbocycles. The number of benzene rings is 1. The summed E-state index contributed by atoms with van der Waals surface area (Å²) in [5, 5.41) is 6.19. The molecule has 0 aromatic heterocycles. The molecule has 1 saturated heterocycles. The molecule has 16 heavy (non-hydrogen) atoms. The van der Waals surface area contributed by atoms with Crippen LogP contribution in [0, 0.1) is 13.8 Å². The van der Waals surface area contributed by atoms with Crippen molar-refractivity contribution in [2.24, 2.45) is 0 Å². The van der Waals surface area contributed by atoms with E-state index in [0.29, 0.717) is 0 Å². The summed E-state index contributed by atoms with van der Waals surface area (Å²) in [6.45, 7) is 4.99. The van der Waals surface area contributed by atoms with E-state index in [9.17, 15) is 4.79 Å². The molecule has 0 bridgehead atoms. The van der Waals surface area contributed by atoms with Crippen LogP contribution in [-0.2, 0) is 4.79 Å². The first-order valence-corrected chi connectivity index (χ1v) is 5.78. The van der Waals surface area contributed by atoms with Crippen molar-refractivity contribution < 1.29 is 4.79 Å². The molecule has 2 N–H and O–H groups in total. The molecule has 1 atom stereocenters. The molecule has 86 valence electrons. The minimum Gasteiger partial charge on any atom is -0.324 e. The van der Waals surface area contributed by atoms with Crippen molar-refractivity contribution in [2.75, 3.05) is 11.9 Å². The molecule has 1 aromatic rings. The Hall–Kier alpha value is -1.35. The number of aryl methyl sites for hydroxylation is 2. The first-order chi connectivity index (χ1) is 7.66. The zero-order chi connectivity index (χ0) is 11.5. The van der Waals surface area contributed by atoms with Crippen LogP contribution in [0.3, 0.4) is 0 Å². The highest BCUT2D eigenvalue weighted by atomic mass is 16.2. The maximum atomic E-state index is 11.9. The number of rotatable bonds is 2. The summed E-state index contributed by atoms with van der Waals surface area (Å²) >= 11 is 0. The molecule has 1 aliphatic heterocycles. The van der Waals surface area contributed by atoms with E-state index in [0.717, 1.165) is 30.6 Å². The van der Waals surface area contributed by atoms with Gasteiger partial charge in [0.2, 0.25) is 5.91 Å². The first-order valence-electron chi connectivity index (χ1n) is 5.78. The predicted molar refractivity (Wildman–Crippen MR) is 65.6 cm³/mol. The Morgan fingerprint density at radius 1 is 1.44 bits per heavy atom. The highest BCUT2D eigenvalue weighted by Crippen LogP contribution is 2.17. The lowest BCUT2D eigenvalue weighted by Crippen LogP contribution is -2.35. The summed E-state index contributed by atoms with van der Waals surface area (Å²) in [5.74, 6) is 0.0891. The fraction of sp³-hybridized carbons (Fsp3) is 0.462. The fourth-order valence-electron chi connectivity index (χ4n) is 2.00. The lowest BCUT2D eigenvalue weighted by atomic mass is 10.1. The van der Waals surface area contributed by atoms with Gasteiger partial charge in [0.1, 0.15) is 0 Å². The Bertz CT molecular complexity index is 395. The summed E-state index contributed by atoms with van der Waals surface area (Å²) < 4.78 is 0. The largest absolute Gasteiger partial charge is 0.324 e. The second kappa shape index (κ2) is 4.66. The number of amides is 1. The molecule has 3 nitrogen and oxygen atoms in total. The molecule has 1 aliphatic rings. The highest BCUT2D eigenvalue weighted by molar-refractivity contribution is 5.95. The Morgan fingerprint density at radius 3 is 2.94 bits per heavy atom. The van der Waals surface area contributed by atoms with Crippen LogP contribution < -0.4 is 10.6 Å². The quantitative estimate of drug-likeness (QED) is 0.797. The van der Waals surface area contributed by atoms with E-state index in [1.807, 2.05) is 26.0 Å². The standard InChI is InChI=1S/C13H18N2O/c1-9-5-6-10(2)12(8-9)15-13(16)11-4-3-7-14-11/h5-6,8,11,14H,3-4,7H2,1-2H3,(H,15,16)/t11-/m0/s1. The van der Waals surface area contributed by atoms with E-state index in [2.05, 4.69) is 16.7 Å².